The highest BCUT2D eigenvalue weighted by molar-refractivity contribution is 5.73. The van der Waals surface area contributed by atoms with Gasteiger partial charge in [0.05, 0.1) is 19.6 Å². The average Bonchev–Trinajstić information content (AvgIpc) is 2.40. The average molecular weight is 308 g/mol. The normalized spacial score (nSPS) is 11.4. The summed E-state index contributed by atoms with van der Waals surface area (Å²) in [5.41, 5.74) is 3.01. The van der Waals surface area contributed by atoms with Gasteiger partial charge in [0.1, 0.15) is 5.75 Å². The van der Waals surface area contributed by atoms with Gasteiger partial charge < -0.3 is 14.6 Å². The maximum atomic E-state index is 11.8. The molecule has 4 nitrogen and oxygen atoms in total. The fraction of sp³-hybridized carbons (Fsp3) is 0.611. The third kappa shape index (κ3) is 5.34. The lowest BCUT2D eigenvalue weighted by atomic mass is 9.83. The monoisotopic (exact) mass is 308 g/mol. The number of aryl methyl sites for hydroxylation is 1. The highest BCUT2D eigenvalue weighted by Gasteiger charge is 2.22. The van der Waals surface area contributed by atoms with E-state index in [4.69, 9.17) is 14.6 Å². The Labute approximate surface area is 133 Å². The molecule has 0 aliphatic heterocycles. The molecular weight excluding hydrogens is 280 g/mol. The van der Waals surface area contributed by atoms with E-state index in [1.54, 1.807) is 0 Å². The summed E-state index contributed by atoms with van der Waals surface area (Å²) in [6.45, 7) is 11.3. The predicted octanol–water partition coefficient (Wildman–Crippen LogP) is 3.16. The van der Waals surface area contributed by atoms with Gasteiger partial charge in [0.15, 0.2) is 0 Å². The van der Waals surface area contributed by atoms with E-state index in [1.165, 1.54) is 0 Å². The number of carbonyl (C=O) groups is 1. The molecule has 0 spiro atoms. The molecule has 1 rings (SSSR count). The van der Waals surface area contributed by atoms with Gasteiger partial charge in [-0.15, -0.1) is 0 Å². The van der Waals surface area contributed by atoms with Gasteiger partial charge in [0.2, 0.25) is 0 Å². The van der Waals surface area contributed by atoms with Crippen molar-refractivity contribution in [3.63, 3.8) is 0 Å². The maximum absolute atomic E-state index is 11.8. The lowest BCUT2D eigenvalue weighted by molar-refractivity contribution is -0.143. The Balaban J connectivity index is 2.98. The molecule has 4 heteroatoms. The van der Waals surface area contributed by atoms with Gasteiger partial charge in [-0.05, 0) is 30.4 Å². The zero-order valence-electron chi connectivity index (χ0n) is 14.4. The molecule has 0 amide bonds. The zero-order valence-corrected chi connectivity index (χ0v) is 14.4. The molecule has 0 radical (unpaired) electrons. The van der Waals surface area contributed by atoms with Crippen molar-refractivity contribution < 1.29 is 19.4 Å². The second-order valence-corrected chi connectivity index (χ2v) is 6.45. The summed E-state index contributed by atoms with van der Waals surface area (Å²) in [5, 5.41) is 8.71. The molecule has 0 aromatic heterocycles. The molecule has 1 aromatic carbocycles. The number of aliphatic hydroxyl groups is 1. The second kappa shape index (κ2) is 8.18. The fourth-order valence-corrected chi connectivity index (χ4v) is 2.31. The minimum absolute atomic E-state index is 0.0314. The van der Waals surface area contributed by atoms with Crippen molar-refractivity contribution in [3.05, 3.63) is 28.8 Å². The molecular formula is C18H28O4. The van der Waals surface area contributed by atoms with Crippen LogP contribution in [0.5, 0.6) is 5.75 Å². The Morgan fingerprint density at radius 1 is 1.27 bits per heavy atom. The van der Waals surface area contributed by atoms with E-state index < -0.39 is 0 Å². The van der Waals surface area contributed by atoms with E-state index in [0.29, 0.717) is 13.0 Å². The van der Waals surface area contributed by atoms with E-state index in [0.717, 1.165) is 22.4 Å². The summed E-state index contributed by atoms with van der Waals surface area (Å²) in [6, 6.07) is 4.01. The molecule has 1 N–H and O–H groups in total. The van der Waals surface area contributed by atoms with Crippen molar-refractivity contribution >= 4 is 5.97 Å². The molecule has 0 saturated heterocycles. The second-order valence-electron chi connectivity index (χ2n) is 6.45. The van der Waals surface area contributed by atoms with Gasteiger partial charge in [-0.25, -0.2) is 0 Å². The summed E-state index contributed by atoms with van der Waals surface area (Å²) in [7, 11) is 0. The van der Waals surface area contributed by atoms with Crippen LogP contribution in [0.25, 0.3) is 0 Å². The van der Waals surface area contributed by atoms with E-state index in [-0.39, 0.29) is 31.0 Å². The quantitative estimate of drug-likeness (QED) is 0.621. The lowest BCUT2D eigenvalue weighted by Crippen LogP contribution is -2.16. The smallest absolute Gasteiger partial charge is 0.310 e. The number of rotatable bonds is 7. The van der Waals surface area contributed by atoms with Crippen molar-refractivity contribution in [3.8, 4) is 5.75 Å². The SMILES string of the molecule is CCOc1c(C)cc(CC(=O)OCCCO)cc1C(C)(C)C. The van der Waals surface area contributed by atoms with Crippen molar-refractivity contribution in [2.75, 3.05) is 19.8 Å². The molecule has 0 aliphatic carbocycles. The summed E-state index contributed by atoms with van der Waals surface area (Å²) >= 11 is 0. The topological polar surface area (TPSA) is 55.8 Å². The van der Waals surface area contributed by atoms with Crippen molar-refractivity contribution in [1.82, 2.24) is 0 Å². The van der Waals surface area contributed by atoms with Crippen LogP contribution in [0.2, 0.25) is 0 Å². The Kier molecular flexibility index (Phi) is 6.88. The fourth-order valence-electron chi connectivity index (χ4n) is 2.31. The molecule has 1 aromatic rings. The summed E-state index contributed by atoms with van der Waals surface area (Å²) < 4.78 is 10.9. The molecule has 124 valence electrons. The van der Waals surface area contributed by atoms with Gasteiger partial charge >= 0.3 is 5.97 Å². The Morgan fingerprint density at radius 3 is 2.50 bits per heavy atom. The third-order valence-electron chi connectivity index (χ3n) is 3.35. The highest BCUT2D eigenvalue weighted by Crippen LogP contribution is 2.35. The number of hydrogen-bond acceptors (Lipinski definition) is 4. The molecule has 22 heavy (non-hydrogen) atoms. The van der Waals surface area contributed by atoms with Crippen LogP contribution < -0.4 is 4.74 Å². The zero-order chi connectivity index (χ0) is 16.8. The van der Waals surface area contributed by atoms with Crippen LogP contribution in [0.15, 0.2) is 12.1 Å². The van der Waals surface area contributed by atoms with Crippen LogP contribution in [0.3, 0.4) is 0 Å². The van der Waals surface area contributed by atoms with E-state index >= 15 is 0 Å². The van der Waals surface area contributed by atoms with Crippen molar-refractivity contribution in [2.24, 2.45) is 0 Å². The molecule has 0 aliphatic rings. The van der Waals surface area contributed by atoms with Crippen LogP contribution in [0, 0.1) is 6.92 Å². The van der Waals surface area contributed by atoms with Crippen LogP contribution in [-0.4, -0.2) is 30.9 Å². The summed E-state index contributed by atoms with van der Waals surface area (Å²) in [5.74, 6) is 0.643. The minimum atomic E-state index is -0.267. The predicted molar refractivity (Wildman–Crippen MR) is 87.4 cm³/mol. The first-order chi connectivity index (χ1) is 10.3. The highest BCUT2D eigenvalue weighted by atomic mass is 16.5. The van der Waals surface area contributed by atoms with Crippen LogP contribution in [0.4, 0.5) is 0 Å². The van der Waals surface area contributed by atoms with Gasteiger partial charge in [0, 0.05) is 18.6 Å². The Morgan fingerprint density at radius 2 is 1.95 bits per heavy atom. The molecule has 0 bridgehead atoms. The van der Waals surface area contributed by atoms with Crippen LogP contribution >= 0.6 is 0 Å². The molecule has 0 atom stereocenters. The number of ether oxygens (including phenoxy) is 2. The standard InChI is InChI=1S/C18H28O4/c1-6-21-17-13(2)10-14(11-15(17)18(3,4)5)12-16(20)22-9-7-8-19/h10-11,19H,6-9,12H2,1-5H3. The first-order valence-electron chi connectivity index (χ1n) is 7.82. The maximum Gasteiger partial charge on any atom is 0.310 e. The van der Waals surface area contributed by atoms with Crippen molar-refractivity contribution in [1.29, 1.82) is 0 Å². The molecule has 0 heterocycles. The van der Waals surface area contributed by atoms with E-state index in [1.807, 2.05) is 26.0 Å². The summed E-state index contributed by atoms with van der Waals surface area (Å²) in [6.07, 6.45) is 0.711. The minimum Gasteiger partial charge on any atom is -0.493 e. The Bertz CT molecular complexity index is 501. The first kappa shape index (κ1) is 18.5. The first-order valence-corrected chi connectivity index (χ1v) is 7.82. The van der Waals surface area contributed by atoms with Gasteiger partial charge in [-0.3, -0.25) is 4.79 Å². The number of aliphatic hydroxyl groups excluding tert-OH is 1. The van der Waals surface area contributed by atoms with Gasteiger partial charge in [0.25, 0.3) is 0 Å². The number of benzene rings is 1. The van der Waals surface area contributed by atoms with Crippen molar-refractivity contribution in [2.45, 2.75) is 52.9 Å². The van der Waals surface area contributed by atoms with E-state index in [2.05, 4.69) is 20.8 Å². The molecule has 0 unspecified atom stereocenters. The number of hydrogen-bond donors (Lipinski definition) is 1. The van der Waals surface area contributed by atoms with Crippen LogP contribution in [-0.2, 0) is 21.4 Å². The number of esters is 1. The molecule has 0 saturated carbocycles. The van der Waals surface area contributed by atoms with Gasteiger partial charge in [-0.1, -0.05) is 32.9 Å². The number of carbonyl (C=O) groups excluding carboxylic acids is 1. The third-order valence-corrected chi connectivity index (χ3v) is 3.35. The largest absolute Gasteiger partial charge is 0.493 e. The lowest BCUT2D eigenvalue weighted by Gasteiger charge is -2.25. The van der Waals surface area contributed by atoms with Crippen LogP contribution in [0.1, 0.15) is 50.8 Å². The van der Waals surface area contributed by atoms with E-state index in [9.17, 15) is 4.79 Å². The summed E-state index contributed by atoms with van der Waals surface area (Å²) in [4.78, 5) is 11.8. The Hall–Kier alpha value is -1.55. The van der Waals surface area contributed by atoms with Gasteiger partial charge in [-0.2, -0.15) is 0 Å². The molecule has 0 fully saturated rings.